The summed E-state index contributed by atoms with van der Waals surface area (Å²) in [5, 5.41) is 3.25. The molecule has 0 amide bonds. The first-order valence-electron chi connectivity index (χ1n) is 8.78. The van der Waals surface area contributed by atoms with E-state index in [1.54, 1.807) is 32.0 Å². The molecule has 0 aliphatic heterocycles. The second kappa shape index (κ2) is 8.08. The molecule has 5 nitrogen and oxygen atoms in total. The molecule has 0 aromatic carbocycles. The van der Waals surface area contributed by atoms with Gasteiger partial charge in [0.1, 0.15) is 11.6 Å². The summed E-state index contributed by atoms with van der Waals surface area (Å²) in [6.07, 6.45) is 6.82. The number of nitrogens with zero attached hydrogens (tertiary/aromatic N) is 2. The average Bonchev–Trinajstić information content (AvgIpc) is 3.47. The summed E-state index contributed by atoms with van der Waals surface area (Å²) in [6.45, 7) is 4.68. The third-order valence-electron chi connectivity index (χ3n) is 4.23. The van der Waals surface area contributed by atoms with Gasteiger partial charge in [-0.1, -0.05) is 0 Å². The molecule has 0 saturated heterocycles. The van der Waals surface area contributed by atoms with Gasteiger partial charge in [-0.3, -0.25) is 4.98 Å². The predicted octanol–water partition coefficient (Wildman–Crippen LogP) is 4.25. The molecule has 1 N–H and O–H groups in total. The van der Waals surface area contributed by atoms with E-state index in [1.807, 2.05) is 0 Å². The first-order chi connectivity index (χ1) is 12.6. The van der Waals surface area contributed by atoms with Crippen molar-refractivity contribution in [1.82, 2.24) is 9.97 Å². The Hall–Kier alpha value is -2.76. The maximum absolute atomic E-state index is 14.6. The van der Waals surface area contributed by atoms with Crippen LogP contribution in [0.3, 0.4) is 0 Å². The zero-order valence-electron chi connectivity index (χ0n) is 15.0. The number of halogens is 1. The number of anilines is 1. The van der Waals surface area contributed by atoms with Crippen molar-refractivity contribution in [1.29, 1.82) is 0 Å². The molecule has 3 rings (SSSR count). The van der Waals surface area contributed by atoms with Crippen LogP contribution >= 0.6 is 0 Å². The quantitative estimate of drug-likeness (QED) is 0.752. The average molecular weight is 355 g/mol. The van der Waals surface area contributed by atoms with Crippen LogP contribution in [0.5, 0.6) is 0 Å². The van der Waals surface area contributed by atoms with E-state index in [9.17, 15) is 9.18 Å². The fraction of sp³-hybridized carbons (Fsp3) is 0.350. The summed E-state index contributed by atoms with van der Waals surface area (Å²) < 4.78 is 19.6. The summed E-state index contributed by atoms with van der Waals surface area (Å²) >= 11 is 0. The Morgan fingerprint density at radius 3 is 2.73 bits per heavy atom. The first-order valence-corrected chi connectivity index (χ1v) is 8.78. The molecular formula is C20H22FN3O2. The molecule has 1 saturated carbocycles. The third kappa shape index (κ3) is 4.65. The standard InChI is InChI=1S/C20H22FN3O2/c1-3-26-20(25)17-8-16(13(2)22-12-17)9-18(21)15-6-7-19(24-11-15)23-10-14-4-5-14/h6-9,11-12,14H,3-5,10H2,1-2H3,(H,23,24)/b18-9-. The maximum atomic E-state index is 14.6. The van der Waals surface area contributed by atoms with E-state index < -0.39 is 11.8 Å². The molecule has 1 aliphatic rings. The zero-order chi connectivity index (χ0) is 18.5. The third-order valence-corrected chi connectivity index (χ3v) is 4.23. The van der Waals surface area contributed by atoms with Crippen LogP contribution in [-0.2, 0) is 4.74 Å². The predicted molar refractivity (Wildman–Crippen MR) is 99.4 cm³/mol. The van der Waals surface area contributed by atoms with Gasteiger partial charge in [0, 0.05) is 30.2 Å². The molecule has 0 atom stereocenters. The smallest absolute Gasteiger partial charge is 0.339 e. The number of esters is 1. The van der Waals surface area contributed by atoms with E-state index in [2.05, 4.69) is 15.3 Å². The number of ether oxygens (including phenoxy) is 1. The van der Waals surface area contributed by atoms with Gasteiger partial charge in [0.05, 0.1) is 12.2 Å². The molecule has 1 aliphatic carbocycles. The van der Waals surface area contributed by atoms with Gasteiger partial charge in [-0.25, -0.2) is 14.2 Å². The summed E-state index contributed by atoms with van der Waals surface area (Å²) in [6, 6.07) is 5.04. The Morgan fingerprint density at radius 1 is 1.31 bits per heavy atom. The lowest BCUT2D eigenvalue weighted by atomic mass is 10.1. The molecule has 26 heavy (non-hydrogen) atoms. The van der Waals surface area contributed by atoms with Crippen LogP contribution in [0.15, 0.2) is 30.6 Å². The molecule has 0 bridgehead atoms. The molecule has 6 heteroatoms. The highest BCUT2D eigenvalue weighted by molar-refractivity contribution is 5.90. The van der Waals surface area contributed by atoms with Crippen molar-refractivity contribution in [2.75, 3.05) is 18.5 Å². The number of carbonyl (C=O) groups excluding carboxylic acids is 1. The number of carbonyl (C=O) groups is 1. The van der Waals surface area contributed by atoms with E-state index in [-0.39, 0.29) is 6.61 Å². The van der Waals surface area contributed by atoms with E-state index >= 15 is 0 Å². The number of rotatable bonds is 7. The fourth-order valence-electron chi connectivity index (χ4n) is 2.45. The Morgan fingerprint density at radius 2 is 2.08 bits per heavy atom. The van der Waals surface area contributed by atoms with E-state index in [0.29, 0.717) is 22.4 Å². The van der Waals surface area contributed by atoms with Gasteiger partial charge in [-0.05, 0) is 62.4 Å². The summed E-state index contributed by atoms with van der Waals surface area (Å²) in [5.74, 6) is 0.589. The molecule has 2 aromatic heterocycles. The number of pyridine rings is 2. The van der Waals surface area contributed by atoms with Crippen LogP contribution in [0, 0.1) is 12.8 Å². The summed E-state index contributed by atoms with van der Waals surface area (Å²) in [5.41, 5.74) is 1.84. The molecule has 0 spiro atoms. The zero-order valence-corrected chi connectivity index (χ0v) is 15.0. The molecule has 0 unspecified atom stereocenters. The van der Waals surface area contributed by atoms with Gasteiger partial charge < -0.3 is 10.1 Å². The fourth-order valence-corrected chi connectivity index (χ4v) is 2.45. The van der Waals surface area contributed by atoms with Crippen LogP contribution in [0.4, 0.5) is 10.2 Å². The second-order valence-electron chi connectivity index (χ2n) is 6.37. The van der Waals surface area contributed by atoms with Crippen LogP contribution < -0.4 is 5.32 Å². The van der Waals surface area contributed by atoms with Crippen LogP contribution in [0.2, 0.25) is 0 Å². The lowest BCUT2D eigenvalue weighted by molar-refractivity contribution is 0.0526. The number of hydrogen-bond acceptors (Lipinski definition) is 5. The number of hydrogen-bond donors (Lipinski definition) is 1. The van der Waals surface area contributed by atoms with Gasteiger partial charge in [0.2, 0.25) is 0 Å². The molecule has 0 radical (unpaired) electrons. The number of aromatic nitrogens is 2. The van der Waals surface area contributed by atoms with Gasteiger partial charge in [-0.15, -0.1) is 0 Å². The number of aryl methyl sites for hydroxylation is 1. The molecule has 136 valence electrons. The monoisotopic (exact) mass is 355 g/mol. The summed E-state index contributed by atoms with van der Waals surface area (Å²) in [7, 11) is 0. The van der Waals surface area contributed by atoms with E-state index in [0.717, 1.165) is 18.3 Å². The van der Waals surface area contributed by atoms with E-state index in [1.165, 1.54) is 31.3 Å². The van der Waals surface area contributed by atoms with Crippen molar-refractivity contribution >= 4 is 23.7 Å². The van der Waals surface area contributed by atoms with Crippen LogP contribution in [0.25, 0.3) is 11.9 Å². The minimum Gasteiger partial charge on any atom is -0.462 e. The SMILES string of the molecule is CCOC(=O)c1cnc(C)c(/C=C(\F)c2ccc(NCC3CC3)nc2)c1. The largest absolute Gasteiger partial charge is 0.462 e. The normalized spacial score (nSPS) is 14.2. The molecule has 2 aromatic rings. The van der Waals surface area contributed by atoms with E-state index in [4.69, 9.17) is 4.74 Å². The lowest BCUT2D eigenvalue weighted by Gasteiger charge is -2.06. The topological polar surface area (TPSA) is 64.1 Å². The van der Waals surface area contributed by atoms with Crippen molar-refractivity contribution in [2.45, 2.75) is 26.7 Å². The number of nitrogens with one attached hydrogen (secondary N) is 1. The van der Waals surface area contributed by atoms with Crippen LogP contribution in [-0.4, -0.2) is 29.1 Å². The van der Waals surface area contributed by atoms with Crippen LogP contribution in [0.1, 0.15) is 46.9 Å². The second-order valence-corrected chi connectivity index (χ2v) is 6.37. The summed E-state index contributed by atoms with van der Waals surface area (Å²) in [4.78, 5) is 20.2. The van der Waals surface area contributed by atoms with Crippen molar-refractivity contribution in [3.05, 3.63) is 53.0 Å². The first kappa shape index (κ1) is 18.0. The molecule has 1 fully saturated rings. The van der Waals surface area contributed by atoms with Crippen molar-refractivity contribution < 1.29 is 13.9 Å². The Kier molecular flexibility index (Phi) is 5.61. The minimum atomic E-state index is -0.470. The van der Waals surface area contributed by atoms with Crippen molar-refractivity contribution in [3.8, 4) is 0 Å². The Balaban J connectivity index is 1.75. The molecular weight excluding hydrogens is 333 g/mol. The Bertz CT molecular complexity index is 814. The van der Waals surface area contributed by atoms with Gasteiger partial charge >= 0.3 is 5.97 Å². The maximum Gasteiger partial charge on any atom is 0.339 e. The highest BCUT2D eigenvalue weighted by Gasteiger charge is 2.20. The lowest BCUT2D eigenvalue weighted by Crippen LogP contribution is -2.06. The highest BCUT2D eigenvalue weighted by Crippen LogP contribution is 2.29. The van der Waals surface area contributed by atoms with Gasteiger partial charge in [-0.2, -0.15) is 0 Å². The highest BCUT2D eigenvalue weighted by atomic mass is 19.1. The van der Waals surface area contributed by atoms with Crippen molar-refractivity contribution in [3.63, 3.8) is 0 Å². The van der Waals surface area contributed by atoms with Gasteiger partial charge in [0.15, 0.2) is 0 Å². The minimum absolute atomic E-state index is 0.277. The molecule has 2 heterocycles. The van der Waals surface area contributed by atoms with Crippen molar-refractivity contribution in [2.24, 2.45) is 5.92 Å². The Labute approximate surface area is 152 Å². The van der Waals surface area contributed by atoms with Gasteiger partial charge in [0.25, 0.3) is 0 Å².